The third-order valence-corrected chi connectivity index (χ3v) is 4.39. The van der Waals surface area contributed by atoms with Gasteiger partial charge in [-0.05, 0) is 13.0 Å². The number of methoxy groups -OCH3 is 1. The third kappa shape index (κ3) is 4.54. The molecule has 0 radical (unpaired) electrons. The highest BCUT2D eigenvalue weighted by Crippen LogP contribution is 2.19. The fraction of sp³-hybridized carbons (Fsp3) is 0.375. The first-order valence-electron chi connectivity index (χ1n) is 7.14. The van der Waals surface area contributed by atoms with E-state index in [0.717, 1.165) is 22.0 Å². The lowest BCUT2D eigenvalue weighted by Crippen LogP contribution is -2.32. The first-order valence-corrected chi connectivity index (χ1v) is 8.02. The molecular formula is C16H21N3O2S. The van der Waals surface area contributed by atoms with Crippen molar-refractivity contribution >= 4 is 23.1 Å². The molecule has 0 aliphatic rings. The Morgan fingerprint density at radius 1 is 1.41 bits per heavy atom. The number of benzene rings is 1. The van der Waals surface area contributed by atoms with Gasteiger partial charge in [-0.1, -0.05) is 25.1 Å². The van der Waals surface area contributed by atoms with E-state index in [1.807, 2.05) is 36.6 Å². The van der Waals surface area contributed by atoms with Crippen LogP contribution in [-0.2, 0) is 11.3 Å². The van der Waals surface area contributed by atoms with Gasteiger partial charge in [0.15, 0.2) is 0 Å². The molecular weight excluding hydrogens is 298 g/mol. The van der Waals surface area contributed by atoms with Crippen LogP contribution in [0.2, 0.25) is 0 Å². The summed E-state index contributed by atoms with van der Waals surface area (Å²) in [7, 11) is 1.63. The number of carbonyl (C=O) groups excluding carboxylic acids is 1. The summed E-state index contributed by atoms with van der Waals surface area (Å²) in [5.41, 5.74) is 2.73. The zero-order valence-corrected chi connectivity index (χ0v) is 13.9. The summed E-state index contributed by atoms with van der Waals surface area (Å²) in [5.74, 6) is 0.193. The Hall–Kier alpha value is -1.92. The molecule has 1 atom stereocenters. The van der Waals surface area contributed by atoms with Crippen molar-refractivity contribution in [1.82, 2.24) is 10.3 Å². The Morgan fingerprint density at radius 2 is 2.18 bits per heavy atom. The number of aryl methyl sites for hydroxylation is 1. The van der Waals surface area contributed by atoms with E-state index in [2.05, 4.69) is 22.5 Å². The van der Waals surface area contributed by atoms with E-state index in [1.54, 1.807) is 18.4 Å². The average molecular weight is 319 g/mol. The number of urea groups is 1. The van der Waals surface area contributed by atoms with Crippen LogP contribution in [0.3, 0.4) is 0 Å². The minimum absolute atomic E-state index is 0.193. The van der Waals surface area contributed by atoms with Crippen molar-refractivity contribution in [1.29, 1.82) is 0 Å². The van der Waals surface area contributed by atoms with Gasteiger partial charge in [0.1, 0.15) is 0 Å². The van der Waals surface area contributed by atoms with Crippen LogP contribution in [0.4, 0.5) is 10.5 Å². The molecule has 0 aliphatic heterocycles. The summed E-state index contributed by atoms with van der Waals surface area (Å²) in [6, 6.07) is 7.38. The maximum atomic E-state index is 12.0. The van der Waals surface area contributed by atoms with Gasteiger partial charge in [0.25, 0.3) is 0 Å². The van der Waals surface area contributed by atoms with E-state index < -0.39 is 0 Å². The molecule has 5 nitrogen and oxygen atoms in total. The van der Waals surface area contributed by atoms with Crippen LogP contribution in [-0.4, -0.2) is 24.7 Å². The summed E-state index contributed by atoms with van der Waals surface area (Å²) >= 11 is 1.62. The van der Waals surface area contributed by atoms with Crippen LogP contribution in [0.5, 0.6) is 0 Å². The quantitative estimate of drug-likeness (QED) is 0.856. The number of amides is 2. The molecule has 2 rings (SSSR count). The van der Waals surface area contributed by atoms with Crippen LogP contribution in [0, 0.1) is 6.92 Å². The number of rotatable bonds is 6. The highest BCUT2D eigenvalue weighted by molar-refractivity contribution is 7.09. The van der Waals surface area contributed by atoms with Crippen LogP contribution in [0.25, 0.3) is 0 Å². The largest absolute Gasteiger partial charge is 0.380 e. The van der Waals surface area contributed by atoms with Crippen LogP contribution >= 0.6 is 11.3 Å². The molecule has 2 N–H and O–H groups in total. The molecule has 6 heteroatoms. The minimum Gasteiger partial charge on any atom is -0.380 e. The average Bonchev–Trinajstić information content (AvgIpc) is 2.94. The Bertz CT molecular complexity index is 627. The van der Waals surface area contributed by atoms with E-state index in [9.17, 15) is 4.79 Å². The molecule has 0 saturated carbocycles. The Balaban J connectivity index is 1.88. The lowest BCUT2D eigenvalue weighted by molar-refractivity contribution is 0.185. The number of hydrogen-bond acceptors (Lipinski definition) is 4. The SMILES string of the molecule is COCc1ccccc1NC(=O)NCC(C)c1nc(C)cs1. The first-order chi connectivity index (χ1) is 10.6. The maximum absolute atomic E-state index is 12.0. The molecule has 2 aromatic rings. The molecule has 1 aromatic carbocycles. The lowest BCUT2D eigenvalue weighted by atomic mass is 10.2. The molecule has 2 amide bonds. The van der Waals surface area contributed by atoms with Gasteiger partial charge in [0.2, 0.25) is 0 Å². The number of nitrogens with one attached hydrogen (secondary N) is 2. The molecule has 0 aliphatic carbocycles. The summed E-state index contributed by atoms with van der Waals surface area (Å²) in [6.07, 6.45) is 0. The van der Waals surface area contributed by atoms with Gasteiger partial charge >= 0.3 is 6.03 Å². The fourth-order valence-corrected chi connectivity index (χ4v) is 2.88. The van der Waals surface area contributed by atoms with Gasteiger partial charge < -0.3 is 15.4 Å². The van der Waals surface area contributed by atoms with E-state index >= 15 is 0 Å². The van der Waals surface area contributed by atoms with Crippen LogP contribution in [0.1, 0.15) is 29.1 Å². The van der Waals surface area contributed by atoms with Gasteiger partial charge in [-0.2, -0.15) is 0 Å². The highest BCUT2D eigenvalue weighted by atomic mass is 32.1. The van der Waals surface area contributed by atoms with Crippen LogP contribution < -0.4 is 10.6 Å². The second-order valence-corrected chi connectivity index (χ2v) is 6.04. The summed E-state index contributed by atoms with van der Waals surface area (Å²) < 4.78 is 5.13. The standard InChI is InChI=1S/C16H21N3O2S/c1-11(15-18-12(2)10-22-15)8-17-16(20)19-14-7-5-4-6-13(14)9-21-3/h4-7,10-11H,8-9H2,1-3H3,(H2,17,19,20). The highest BCUT2D eigenvalue weighted by Gasteiger charge is 2.12. The number of anilines is 1. The predicted octanol–water partition coefficient (Wildman–Crippen LogP) is 3.52. The second kappa shape index (κ2) is 7.91. The molecule has 0 bridgehead atoms. The van der Waals surface area contributed by atoms with Crippen LogP contribution in [0.15, 0.2) is 29.6 Å². The van der Waals surface area contributed by atoms with Gasteiger partial charge in [0, 0.05) is 41.9 Å². The molecule has 22 heavy (non-hydrogen) atoms. The van der Waals surface area contributed by atoms with Crippen molar-refractivity contribution in [2.24, 2.45) is 0 Å². The minimum atomic E-state index is -0.219. The van der Waals surface area contributed by atoms with Crippen molar-refractivity contribution in [3.63, 3.8) is 0 Å². The van der Waals surface area contributed by atoms with Crippen molar-refractivity contribution in [3.05, 3.63) is 45.9 Å². The van der Waals surface area contributed by atoms with E-state index in [-0.39, 0.29) is 11.9 Å². The number of thiazole rings is 1. The molecule has 0 saturated heterocycles. The molecule has 0 fully saturated rings. The molecule has 1 aromatic heterocycles. The normalized spacial score (nSPS) is 12.0. The number of para-hydroxylation sites is 1. The number of nitrogens with zero attached hydrogens (tertiary/aromatic N) is 1. The topological polar surface area (TPSA) is 63.2 Å². The third-order valence-electron chi connectivity index (χ3n) is 3.19. The van der Waals surface area contributed by atoms with Crippen molar-refractivity contribution < 1.29 is 9.53 Å². The maximum Gasteiger partial charge on any atom is 0.319 e. The summed E-state index contributed by atoms with van der Waals surface area (Å²) in [5, 5.41) is 8.80. The second-order valence-electron chi connectivity index (χ2n) is 5.15. The molecule has 118 valence electrons. The van der Waals surface area contributed by atoms with Crippen molar-refractivity contribution in [2.45, 2.75) is 26.4 Å². The predicted molar refractivity (Wildman–Crippen MR) is 89.4 cm³/mol. The monoisotopic (exact) mass is 319 g/mol. The number of carbonyl (C=O) groups is 1. The van der Waals surface area contributed by atoms with Gasteiger partial charge in [-0.3, -0.25) is 0 Å². The Kier molecular flexibility index (Phi) is 5.91. The van der Waals surface area contributed by atoms with E-state index in [0.29, 0.717) is 13.2 Å². The van der Waals surface area contributed by atoms with E-state index in [1.165, 1.54) is 0 Å². The Morgan fingerprint density at radius 3 is 2.86 bits per heavy atom. The van der Waals surface area contributed by atoms with Gasteiger partial charge in [0.05, 0.1) is 11.6 Å². The number of ether oxygens (including phenoxy) is 1. The summed E-state index contributed by atoms with van der Waals surface area (Å²) in [6.45, 7) is 5.04. The summed E-state index contributed by atoms with van der Waals surface area (Å²) in [4.78, 5) is 16.5. The molecule has 1 unspecified atom stereocenters. The molecule has 0 spiro atoms. The first kappa shape index (κ1) is 16.5. The zero-order chi connectivity index (χ0) is 15.9. The number of aromatic nitrogens is 1. The zero-order valence-electron chi connectivity index (χ0n) is 13.1. The van der Waals surface area contributed by atoms with Gasteiger partial charge in [-0.25, -0.2) is 9.78 Å². The fourth-order valence-electron chi connectivity index (χ4n) is 2.02. The smallest absolute Gasteiger partial charge is 0.319 e. The number of hydrogen-bond donors (Lipinski definition) is 2. The van der Waals surface area contributed by atoms with Crippen molar-refractivity contribution in [2.75, 3.05) is 19.0 Å². The van der Waals surface area contributed by atoms with Gasteiger partial charge in [-0.15, -0.1) is 11.3 Å². The molecule has 1 heterocycles. The lowest BCUT2D eigenvalue weighted by Gasteiger charge is -2.13. The Labute approximate surface area is 134 Å². The van der Waals surface area contributed by atoms with E-state index in [4.69, 9.17) is 4.74 Å². The van der Waals surface area contributed by atoms with Crippen molar-refractivity contribution in [3.8, 4) is 0 Å².